The van der Waals surface area contributed by atoms with Gasteiger partial charge in [-0.1, -0.05) is 11.3 Å². The largest absolute Gasteiger partial charge is 0.494 e. The van der Waals surface area contributed by atoms with Crippen LogP contribution < -0.4 is 14.9 Å². The molecule has 1 heterocycles. The molecule has 0 aliphatic heterocycles. The Labute approximate surface area is 125 Å². The summed E-state index contributed by atoms with van der Waals surface area (Å²) in [6.07, 6.45) is 0.151. The van der Waals surface area contributed by atoms with Crippen LogP contribution in [0.2, 0.25) is 0 Å². The Balaban J connectivity index is 2.01. The summed E-state index contributed by atoms with van der Waals surface area (Å²) in [7, 11) is 1.40. The average Bonchev–Trinajstić information content (AvgIpc) is 2.77. The van der Waals surface area contributed by atoms with Crippen LogP contribution in [-0.2, 0) is 11.3 Å². The Morgan fingerprint density at radius 2 is 2.24 bits per heavy atom. The molecule has 0 saturated heterocycles. The minimum Gasteiger partial charge on any atom is -0.494 e. The smallest absolute Gasteiger partial charge is 0.307 e. The van der Waals surface area contributed by atoms with Crippen molar-refractivity contribution in [2.75, 3.05) is 12.4 Å². The Morgan fingerprint density at radius 1 is 1.48 bits per heavy atom. The molecule has 2 rings (SSSR count). The molecule has 0 atom stereocenters. The molecule has 112 valence electrons. The lowest BCUT2D eigenvalue weighted by molar-refractivity contribution is -0.116. The number of benzene rings is 1. The fourth-order valence-corrected chi connectivity index (χ4v) is 2.63. The summed E-state index contributed by atoms with van der Waals surface area (Å²) in [6, 6.07) is 3.88. The van der Waals surface area contributed by atoms with E-state index in [9.17, 15) is 14.0 Å². The second-order valence-electron chi connectivity index (χ2n) is 4.44. The van der Waals surface area contributed by atoms with Gasteiger partial charge in [0.05, 0.1) is 12.8 Å². The maximum Gasteiger partial charge on any atom is 0.307 e. The minimum atomic E-state index is -0.440. The molecule has 0 aliphatic rings. The average molecular weight is 310 g/mol. The number of anilines is 1. The van der Waals surface area contributed by atoms with Crippen molar-refractivity contribution >= 4 is 22.9 Å². The van der Waals surface area contributed by atoms with Gasteiger partial charge in [0.2, 0.25) is 5.91 Å². The van der Waals surface area contributed by atoms with Crippen LogP contribution in [0.5, 0.6) is 5.75 Å². The van der Waals surface area contributed by atoms with Crippen molar-refractivity contribution in [1.82, 2.24) is 4.57 Å². The number of aryl methyl sites for hydroxylation is 1. The molecule has 0 spiro atoms. The first-order chi connectivity index (χ1) is 10.0. The topological polar surface area (TPSA) is 60.3 Å². The fourth-order valence-electron chi connectivity index (χ4n) is 1.87. The lowest BCUT2D eigenvalue weighted by atomic mass is 10.2. The monoisotopic (exact) mass is 310 g/mol. The Bertz CT molecular complexity index is 708. The Kier molecular flexibility index (Phi) is 4.74. The van der Waals surface area contributed by atoms with Crippen LogP contribution in [0, 0.1) is 12.7 Å². The fraction of sp³-hybridized carbons (Fsp3) is 0.286. The van der Waals surface area contributed by atoms with Gasteiger partial charge >= 0.3 is 4.87 Å². The van der Waals surface area contributed by atoms with Gasteiger partial charge in [0.15, 0.2) is 0 Å². The highest BCUT2D eigenvalue weighted by atomic mass is 32.1. The normalized spacial score (nSPS) is 10.4. The van der Waals surface area contributed by atoms with Crippen molar-refractivity contribution in [2.45, 2.75) is 19.9 Å². The molecule has 1 N–H and O–H groups in total. The molecule has 0 saturated carbocycles. The number of rotatable bonds is 5. The highest BCUT2D eigenvalue weighted by molar-refractivity contribution is 7.07. The first-order valence-corrected chi connectivity index (χ1v) is 7.17. The highest BCUT2D eigenvalue weighted by Crippen LogP contribution is 2.25. The molecule has 7 heteroatoms. The van der Waals surface area contributed by atoms with Crippen molar-refractivity contribution in [1.29, 1.82) is 0 Å². The van der Waals surface area contributed by atoms with Crippen molar-refractivity contribution in [3.8, 4) is 5.75 Å². The summed E-state index contributed by atoms with van der Waals surface area (Å²) in [6.45, 7) is 2.13. The van der Waals surface area contributed by atoms with Crippen LogP contribution >= 0.6 is 11.3 Å². The van der Waals surface area contributed by atoms with Gasteiger partial charge < -0.3 is 14.6 Å². The second-order valence-corrected chi connectivity index (χ2v) is 5.26. The number of aromatic nitrogens is 1. The van der Waals surface area contributed by atoms with E-state index in [-0.39, 0.29) is 23.0 Å². The van der Waals surface area contributed by atoms with Crippen molar-refractivity contribution in [3.63, 3.8) is 0 Å². The van der Waals surface area contributed by atoms with Crippen LogP contribution in [0.4, 0.5) is 10.1 Å². The lowest BCUT2D eigenvalue weighted by Crippen LogP contribution is -2.20. The highest BCUT2D eigenvalue weighted by Gasteiger charge is 2.10. The van der Waals surface area contributed by atoms with E-state index < -0.39 is 5.82 Å². The molecule has 2 aromatic rings. The maximum absolute atomic E-state index is 13.1. The molecule has 1 aromatic carbocycles. The zero-order valence-electron chi connectivity index (χ0n) is 11.7. The van der Waals surface area contributed by atoms with Crippen molar-refractivity contribution in [2.24, 2.45) is 0 Å². The van der Waals surface area contributed by atoms with E-state index >= 15 is 0 Å². The predicted molar refractivity (Wildman–Crippen MR) is 79.5 cm³/mol. The van der Waals surface area contributed by atoms with Gasteiger partial charge in [-0.2, -0.15) is 0 Å². The van der Waals surface area contributed by atoms with Gasteiger partial charge in [-0.25, -0.2) is 4.39 Å². The number of nitrogens with one attached hydrogen (secondary N) is 1. The number of thiazole rings is 1. The number of methoxy groups -OCH3 is 1. The molecular formula is C14H15FN2O3S. The lowest BCUT2D eigenvalue weighted by Gasteiger charge is -2.10. The zero-order chi connectivity index (χ0) is 15.4. The van der Waals surface area contributed by atoms with Crippen LogP contribution in [0.15, 0.2) is 28.4 Å². The third-order valence-corrected chi connectivity index (χ3v) is 3.86. The molecule has 0 radical (unpaired) electrons. The van der Waals surface area contributed by atoms with Crippen molar-refractivity contribution in [3.05, 3.63) is 44.8 Å². The number of ether oxygens (including phenoxy) is 1. The summed E-state index contributed by atoms with van der Waals surface area (Å²) < 4.78 is 19.6. The third kappa shape index (κ3) is 3.69. The van der Waals surface area contributed by atoms with Gasteiger partial charge in [0.25, 0.3) is 0 Å². The summed E-state index contributed by atoms with van der Waals surface area (Å²) >= 11 is 1.11. The quantitative estimate of drug-likeness (QED) is 0.922. The van der Waals surface area contributed by atoms with Crippen LogP contribution in [-0.4, -0.2) is 17.6 Å². The molecule has 1 amide bonds. The third-order valence-electron chi connectivity index (χ3n) is 2.98. The van der Waals surface area contributed by atoms with E-state index in [1.54, 1.807) is 9.95 Å². The molecule has 5 nitrogen and oxygen atoms in total. The zero-order valence-corrected chi connectivity index (χ0v) is 12.5. The van der Waals surface area contributed by atoms with Gasteiger partial charge in [0.1, 0.15) is 11.6 Å². The van der Waals surface area contributed by atoms with Gasteiger partial charge in [0, 0.05) is 30.1 Å². The first-order valence-electron chi connectivity index (χ1n) is 6.29. The van der Waals surface area contributed by atoms with E-state index in [2.05, 4.69) is 5.32 Å². The Hall–Kier alpha value is -2.15. The van der Waals surface area contributed by atoms with E-state index in [0.29, 0.717) is 12.2 Å². The number of hydrogen-bond donors (Lipinski definition) is 1. The predicted octanol–water partition coefficient (Wildman–Crippen LogP) is 2.39. The van der Waals surface area contributed by atoms with Crippen LogP contribution in [0.3, 0.4) is 0 Å². The Morgan fingerprint density at radius 3 is 2.86 bits per heavy atom. The summed E-state index contributed by atoms with van der Waals surface area (Å²) in [5.74, 6) is -0.449. The molecular weight excluding hydrogens is 295 g/mol. The minimum absolute atomic E-state index is 0.0836. The van der Waals surface area contributed by atoms with E-state index in [1.165, 1.54) is 25.3 Å². The standard InChI is InChI=1S/C14H15FN2O3S/c1-9-8-21-14(19)17(9)6-5-13(18)16-11-4-3-10(15)7-12(11)20-2/h3-4,7-8H,5-6H2,1-2H3,(H,16,18). The summed E-state index contributed by atoms with van der Waals surface area (Å²) in [4.78, 5) is 23.4. The number of carbonyl (C=O) groups excluding carboxylic acids is 1. The van der Waals surface area contributed by atoms with Gasteiger partial charge in [-0.15, -0.1) is 0 Å². The van der Waals surface area contributed by atoms with E-state index in [1.807, 2.05) is 6.92 Å². The van der Waals surface area contributed by atoms with Gasteiger partial charge in [-0.3, -0.25) is 9.59 Å². The number of amides is 1. The summed E-state index contributed by atoms with van der Waals surface area (Å²) in [5, 5.41) is 4.40. The summed E-state index contributed by atoms with van der Waals surface area (Å²) in [5.41, 5.74) is 1.23. The SMILES string of the molecule is COc1cc(F)ccc1NC(=O)CCn1c(C)csc1=O. The molecule has 0 bridgehead atoms. The molecule has 0 aliphatic carbocycles. The van der Waals surface area contributed by atoms with E-state index in [0.717, 1.165) is 17.0 Å². The molecule has 0 unspecified atom stereocenters. The molecule has 1 aromatic heterocycles. The first kappa shape index (κ1) is 15.2. The molecule has 0 fully saturated rings. The maximum atomic E-state index is 13.1. The van der Waals surface area contributed by atoms with Gasteiger partial charge in [-0.05, 0) is 19.1 Å². The molecule has 21 heavy (non-hydrogen) atoms. The van der Waals surface area contributed by atoms with Crippen LogP contribution in [0.25, 0.3) is 0 Å². The van der Waals surface area contributed by atoms with Crippen molar-refractivity contribution < 1.29 is 13.9 Å². The van der Waals surface area contributed by atoms with E-state index in [4.69, 9.17) is 4.74 Å². The number of carbonyl (C=O) groups is 1. The number of halogens is 1. The number of nitrogens with zero attached hydrogens (tertiary/aromatic N) is 1. The van der Waals surface area contributed by atoms with Crippen LogP contribution in [0.1, 0.15) is 12.1 Å². The number of hydrogen-bond acceptors (Lipinski definition) is 4. The second kappa shape index (κ2) is 6.53.